The summed E-state index contributed by atoms with van der Waals surface area (Å²) in [7, 11) is 1.61. The first kappa shape index (κ1) is 9.86. The molecule has 1 aromatic rings. The molecule has 0 aromatic heterocycles. The van der Waals surface area contributed by atoms with Crippen LogP contribution in [-0.4, -0.2) is 24.9 Å². The highest BCUT2D eigenvalue weighted by Gasteiger charge is 2.02. The van der Waals surface area contributed by atoms with E-state index in [1.807, 2.05) is 18.2 Å². The van der Waals surface area contributed by atoms with E-state index in [2.05, 4.69) is 0 Å². The molecule has 0 spiro atoms. The quantitative estimate of drug-likeness (QED) is 0.766. The van der Waals surface area contributed by atoms with E-state index in [0.29, 0.717) is 5.75 Å². The molecule has 0 saturated carbocycles. The summed E-state index contributed by atoms with van der Waals surface area (Å²) in [5, 5.41) is 8.77. The number of aliphatic hydroxyl groups excluding tert-OH is 1. The Labute approximate surface area is 77.9 Å². The monoisotopic (exact) mass is 182 g/mol. The summed E-state index contributed by atoms with van der Waals surface area (Å²) >= 11 is 0. The number of methoxy groups -OCH3 is 1. The first-order chi connectivity index (χ1) is 6.26. The molecule has 0 unspecified atom stereocenters. The van der Waals surface area contributed by atoms with Gasteiger partial charge in [0.25, 0.3) is 0 Å². The van der Waals surface area contributed by atoms with Crippen molar-refractivity contribution in [3.05, 3.63) is 24.3 Å². The van der Waals surface area contributed by atoms with Crippen LogP contribution < -0.4 is 9.47 Å². The van der Waals surface area contributed by atoms with Gasteiger partial charge in [-0.05, 0) is 19.1 Å². The maximum absolute atomic E-state index is 8.77. The summed E-state index contributed by atoms with van der Waals surface area (Å²) in [4.78, 5) is 0. The van der Waals surface area contributed by atoms with Crippen molar-refractivity contribution < 1.29 is 14.6 Å². The number of benzene rings is 1. The Morgan fingerprint density at radius 1 is 1.38 bits per heavy atom. The van der Waals surface area contributed by atoms with Crippen LogP contribution in [0.1, 0.15) is 6.92 Å². The Bertz CT molecular complexity index is 260. The van der Waals surface area contributed by atoms with Gasteiger partial charge in [-0.15, -0.1) is 0 Å². The van der Waals surface area contributed by atoms with Crippen molar-refractivity contribution in [2.75, 3.05) is 13.7 Å². The fraction of sp³-hybridized carbons (Fsp3) is 0.400. The van der Waals surface area contributed by atoms with Crippen LogP contribution in [0.2, 0.25) is 0 Å². The van der Waals surface area contributed by atoms with Gasteiger partial charge in [-0.3, -0.25) is 0 Å². The zero-order valence-corrected chi connectivity index (χ0v) is 7.86. The Morgan fingerprint density at radius 2 is 2.08 bits per heavy atom. The van der Waals surface area contributed by atoms with Crippen LogP contribution in [0.3, 0.4) is 0 Å². The van der Waals surface area contributed by atoms with Gasteiger partial charge in [0.15, 0.2) is 0 Å². The Kier molecular flexibility index (Phi) is 3.58. The number of ether oxygens (including phenoxy) is 2. The molecule has 0 aliphatic rings. The summed E-state index contributed by atoms with van der Waals surface area (Å²) in [6, 6.07) is 7.30. The summed E-state index contributed by atoms with van der Waals surface area (Å²) in [5.41, 5.74) is 0. The van der Waals surface area contributed by atoms with Gasteiger partial charge in [0.2, 0.25) is 0 Å². The Morgan fingerprint density at radius 3 is 2.69 bits per heavy atom. The van der Waals surface area contributed by atoms with Crippen LogP contribution >= 0.6 is 0 Å². The minimum Gasteiger partial charge on any atom is -0.497 e. The molecule has 1 aromatic carbocycles. The fourth-order valence-electron chi connectivity index (χ4n) is 0.944. The molecule has 0 heterocycles. The van der Waals surface area contributed by atoms with Crippen molar-refractivity contribution in [1.29, 1.82) is 0 Å². The summed E-state index contributed by atoms with van der Waals surface area (Å²) < 4.78 is 10.4. The lowest BCUT2D eigenvalue weighted by Crippen LogP contribution is -2.16. The highest BCUT2D eigenvalue weighted by atomic mass is 16.5. The predicted molar refractivity (Wildman–Crippen MR) is 50.2 cm³/mol. The van der Waals surface area contributed by atoms with Crippen molar-refractivity contribution in [3.8, 4) is 11.5 Å². The molecule has 72 valence electrons. The summed E-state index contributed by atoms with van der Waals surface area (Å²) in [5.74, 6) is 1.46. The number of hydrogen-bond acceptors (Lipinski definition) is 3. The van der Waals surface area contributed by atoms with Crippen LogP contribution in [0.25, 0.3) is 0 Å². The van der Waals surface area contributed by atoms with Gasteiger partial charge in [-0.2, -0.15) is 0 Å². The third-order valence-electron chi connectivity index (χ3n) is 1.64. The van der Waals surface area contributed by atoms with E-state index in [-0.39, 0.29) is 12.7 Å². The van der Waals surface area contributed by atoms with Gasteiger partial charge in [-0.25, -0.2) is 0 Å². The first-order valence-corrected chi connectivity index (χ1v) is 4.18. The average Bonchev–Trinajstić information content (AvgIpc) is 2.18. The summed E-state index contributed by atoms with van der Waals surface area (Å²) in [6.45, 7) is 1.82. The molecule has 0 aliphatic heterocycles. The third kappa shape index (κ3) is 2.95. The molecule has 1 atom stereocenters. The van der Waals surface area contributed by atoms with Crippen LogP contribution in [0, 0.1) is 0 Å². The van der Waals surface area contributed by atoms with E-state index < -0.39 is 0 Å². The molecular weight excluding hydrogens is 168 g/mol. The van der Waals surface area contributed by atoms with Crippen LogP contribution in [0.15, 0.2) is 24.3 Å². The molecule has 0 bridgehead atoms. The zero-order chi connectivity index (χ0) is 9.68. The van der Waals surface area contributed by atoms with E-state index in [0.717, 1.165) is 5.75 Å². The van der Waals surface area contributed by atoms with Crippen LogP contribution in [0.4, 0.5) is 0 Å². The topological polar surface area (TPSA) is 38.7 Å². The van der Waals surface area contributed by atoms with Gasteiger partial charge in [0.1, 0.15) is 17.6 Å². The second kappa shape index (κ2) is 4.72. The fourth-order valence-corrected chi connectivity index (χ4v) is 0.944. The Balaban J connectivity index is 2.66. The van der Waals surface area contributed by atoms with Gasteiger partial charge in [0.05, 0.1) is 13.7 Å². The van der Waals surface area contributed by atoms with Crippen molar-refractivity contribution in [2.45, 2.75) is 13.0 Å². The van der Waals surface area contributed by atoms with Crippen LogP contribution in [0.5, 0.6) is 11.5 Å². The van der Waals surface area contributed by atoms with Crippen LogP contribution in [-0.2, 0) is 0 Å². The molecular formula is C10H14O3. The molecule has 13 heavy (non-hydrogen) atoms. The molecule has 1 rings (SSSR count). The molecule has 0 fully saturated rings. The maximum Gasteiger partial charge on any atom is 0.123 e. The van der Waals surface area contributed by atoms with E-state index in [4.69, 9.17) is 14.6 Å². The van der Waals surface area contributed by atoms with Gasteiger partial charge in [-0.1, -0.05) is 6.07 Å². The van der Waals surface area contributed by atoms with Crippen molar-refractivity contribution in [1.82, 2.24) is 0 Å². The highest BCUT2D eigenvalue weighted by Crippen LogP contribution is 2.19. The minimum absolute atomic E-state index is 0.0111. The lowest BCUT2D eigenvalue weighted by molar-refractivity contribution is 0.129. The van der Waals surface area contributed by atoms with Gasteiger partial charge >= 0.3 is 0 Å². The Hall–Kier alpha value is -1.22. The van der Waals surface area contributed by atoms with Crippen molar-refractivity contribution >= 4 is 0 Å². The largest absolute Gasteiger partial charge is 0.497 e. The van der Waals surface area contributed by atoms with E-state index in [9.17, 15) is 0 Å². The normalized spacial score (nSPS) is 12.2. The smallest absolute Gasteiger partial charge is 0.123 e. The molecule has 3 nitrogen and oxygen atoms in total. The predicted octanol–water partition coefficient (Wildman–Crippen LogP) is 1.45. The lowest BCUT2D eigenvalue weighted by atomic mass is 10.3. The molecule has 0 saturated heterocycles. The summed E-state index contributed by atoms with van der Waals surface area (Å²) in [6.07, 6.45) is -0.188. The second-order valence-corrected chi connectivity index (χ2v) is 2.79. The van der Waals surface area contributed by atoms with E-state index >= 15 is 0 Å². The molecule has 0 aliphatic carbocycles. The molecule has 3 heteroatoms. The van der Waals surface area contributed by atoms with Crippen molar-refractivity contribution in [3.63, 3.8) is 0 Å². The SMILES string of the molecule is COc1cccc(O[C@@H](C)CO)c1. The molecule has 0 amide bonds. The van der Waals surface area contributed by atoms with E-state index in [1.165, 1.54) is 0 Å². The second-order valence-electron chi connectivity index (χ2n) is 2.79. The average molecular weight is 182 g/mol. The highest BCUT2D eigenvalue weighted by molar-refractivity contribution is 5.32. The lowest BCUT2D eigenvalue weighted by Gasteiger charge is -2.12. The van der Waals surface area contributed by atoms with Gasteiger partial charge < -0.3 is 14.6 Å². The third-order valence-corrected chi connectivity index (χ3v) is 1.64. The minimum atomic E-state index is -0.188. The maximum atomic E-state index is 8.77. The van der Waals surface area contributed by atoms with Crippen molar-refractivity contribution in [2.24, 2.45) is 0 Å². The number of aliphatic hydroxyl groups is 1. The molecule has 0 radical (unpaired) electrons. The molecule has 1 N–H and O–H groups in total. The van der Waals surface area contributed by atoms with Gasteiger partial charge in [0, 0.05) is 6.07 Å². The standard InChI is InChI=1S/C10H14O3/c1-8(7-11)13-10-5-3-4-9(6-10)12-2/h3-6,8,11H,7H2,1-2H3/t8-/m0/s1. The zero-order valence-electron chi connectivity index (χ0n) is 7.86. The number of rotatable bonds is 4. The van der Waals surface area contributed by atoms with E-state index in [1.54, 1.807) is 20.1 Å². The number of hydrogen-bond donors (Lipinski definition) is 1. The first-order valence-electron chi connectivity index (χ1n) is 4.18.